The summed E-state index contributed by atoms with van der Waals surface area (Å²) in [6.07, 6.45) is 5.24. The molecule has 0 spiro atoms. The molecule has 0 saturated heterocycles. The Balaban J connectivity index is 1.48. The van der Waals surface area contributed by atoms with E-state index < -0.39 is 11.9 Å². The number of rotatable bonds is 7. The number of hydrogen-bond acceptors (Lipinski definition) is 5. The first-order valence-electron chi connectivity index (χ1n) is 11.2. The van der Waals surface area contributed by atoms with Crippen molar-refractivity contribution in [3.63, 3.8) is 0 Å². The summed E-state index contributed by atoms with van der Waals surface area (Å²) < 4.78 is 24.0. The van der Waals surface area contributed by atoms with Crippen molar-refractivity contribution in [3.05, 3.63) is 53.8 Å². The van der Waals surface area contributed by atoms with E-state index >= 15 is 0 Å². The molecule has 4 rings (SSSR count). The first kappa shape index (κ1) is 22.8. The quantitative estimate of drug-likeness (QED) is 0.646. The largest absolute Gasteiger partial charge is 0.485 e. The molecule has 174 valence electrons. The number of anilines is 1. The lowest BCUT2D eigenvalue weighted by Crippen LogP contribution is -2.53. The molecule has 1 aliphatic heterocycles. The van der Waals surface area contributed by atoms with E-state index in [0.717, 1.165) is 25.7 Å². The number of carbonyl (C=O) groups excluding carboxylic acids is 3. The number of fused-ring (bicyclic) bond motifs is 1. The molecule has 1 aliphatic carbocycles. The fraction of sp³-hybridized carbons (Fsp3) is 0.400. The monoisotopic (exact) mass is 454 g/mol. The van der Waals surface area contributed by atoms with Crippen LogP contribution in [-0.2, 0) is 9.59 Å². The Hall–Kier alpha value is -3.42. The second-order valence-electron chi connectivity index (χ2n) is 8.42. The Morgan fingerprint density at radius 2 is 1.88 bits per heavy atom. The van der Waals surface area contributed by atoms with Crippen LogP contribution in [0.5, 0.6) is 11.5 Å². The zero-order valence-electron chi connectivity index (χ0n) is 18.5. The van der Waals surface area contributed by atoms with Crippen LogP contribution in [0.1, 0.15) is 49.4 Å². The molecule has 33 heavy (non-hydrogen) atoms. The lowest BCUT2D eigenvalue weighted by Gasteiger charge is -2.34. The van der Waals surface area contributed by atoms with Crippen molar-refractivity contribution in [2.24, 2.45) is 0 Å². The summed E-state index contributed by atoms with van der Waals surface area (Å²) >= 11 is 0. The van der Waals surface area contributed by atoms with Gasteiger partial charge in [-0.2, -0.15) is 0 Å². The molecule has 1 fully saturated rings. The van der Waals surface area contributed by atoms with Gasteiger partial charge in [-0.1, -0.05) is 19.3 Å². The molecule has 1 saturated carbocycles. The Bertz CT molecular complexity index is 1030. The fourth-order valence-electron chi connectivity index (χ4n) is 4.22. The predicted molar refractivity (Wildman–Crippen MR) is 120 cm³/mol. The van der Waals surface area contributed by atoms with Gasteiger partial charge in [-0.05, 0) is 62.2 Å². The lowest BCUT2D eigenvalue weighted by molar-refractivity contribution is -0.128. The number of carbonyl (C=O) groups is 3. The van der Waals surface area contributed by atoms with Crippen molar-refractivity contribution in [1.82, 2.24) is 5.32 Å². The highest BCUT2D eigenvalue weighted by Crippen LogP contribution is 2.34. The molecule has 2 aromatic carbocycles. The molecule has 1 N–H and O–H groups in total. The second kappa shape index (κ2) is 10.0. The van der Waals surface area contributed by atoms with Gasteiger partial charge in [-0.3, -0.25) is 19.3 Å². The van der Waals surface area contributed by atoms with Crippen molar-refractivity contribution in [1.29, 1.82) is 0 Å². The van der Waals surface area contributed by atoms with Crippen LogP contribution in [0.3, 0.4) is 0 Å². The van der Waals surface area contributed by atoms with Gasteiger partial charge in [0.25, 0.3) is 5.91 Å². The van der Waals surface area contributed by atoms with Crippen molar-refractivity contribution < 1.29 is 28.2 Å². The number of nitrogens with one attached hydrogen (secondary N) is 1. The molecule has 2 amide bonds. The van der Waals surface area contributed by atoms with Crippen LogP contribution in [0.4, 0.5) is 10.1 Å². The minimum absolute atomic E-state index is 0.126. The summed E-state index contributed by atoms with van der Waals surface area (Å²) in [7, 11) is 0. The summed E-state index contributed by atoms with van der Waals surface area (Å²) in [4.78, 5) is 39.7. The standard InChI is InChI=1S/C25H27FN2O5/c1-16(25(31)27-19-5-3-2-4-6-19)28-21-13-17(7-12-23(21)33-15-24(28)30)22(29)14-32-20-10-8-18(26)9-11-20/h7-13,16,19H,2-6,14-15H2,1H3,(H,27,31)/t16-/m0/s1. The van der Waals surface area contributed by atoms with Crippen LogP contribution in [0.15, 0.2) is 42.5 Å². The highest BCUT2D eigenvalue weighted by atomic mass is 19.1. The lowest BCUT2D eigenvalue weighted by atomic mass is 9.95. The molecule has 8 heteroatoms. The average Bonchev–Trinajstić information content (AvgIpc) is 2.83. The number of nitrogens with zero attached hydrogens (tertiary/aromatic N) is 1. The van der Waals surface area contributed by atoms with E-state index in [1.807, 2.05) is 0 Å². The van der Waals surface area contributed by atoms with Gasteiger partial charge in [-0.15, -0.1) is 0 Å². The summed E-state index contributed by atoms with van der Waals surface area (Å²) in [6, 6.07) is 9.52. The van der Waals surface area contributed by atoms with E-state index in [4.69, 9.17) is 9.47 Å². The maximum Gasteiger partial charge on any atom is 0.265 e. The molecule has 0 aromatic heterocycles. The van der Waals surface area contributed by atoms with E-state index in [1.165, 1.54) is 35.6 Å². The third-order valence-corrected chi connectivity index (χ3v) is 6.06. The molecular formula is C25H27FN2O5. The van der Waals surface area contributed by atoms with Crippen molar-refractivity contribution >= 4 is 23.3 Å². The minimum atomic E-state index is -0.747. The summed E-state index contributed by atoms with van der Waals surface area (Å²) in [5, 5.41) is 3.06. The summed E-state index contributed by atoms with van der Waals surface area (Å²) in [5.41, 5.74) is 0.698. The normalized spacial score (nSPS) is 17.0. The Morgan fingerprint density at radius 1 is 1.15 bits per heavy atom. The summed E-state index contributed by atoms with van der Waals surface area (Å²) in [5.74, 6) is -0.478. The highest BCUT2D eigenvalue weighted by Gasteiger charge is 2.34. The average molecular weight is 454 g/mol. The van der Waals surface area contributed by atoms with Crippen LogP contribution < -0.4 is 19.7 Å². The van der Waals surface area contributed by atoms with Gasteiger partial charge in [0.15, 0.2) is 19.0 Å². The zero-order chi connectivity index (χ0) is 23.4. The molecule has 2 aliphatic rings. The van der Waals surface area contributed by atoms with Crippen LogP contribution in [-0.4, -0.2) is 42.9 Å². The number of benzene rings is 2. The fourth-order valence-corrected chi connectivity index (χ4v) is 4.22. The molecule has 1 atom stereocenters. The van der Waals surface area contributed by atoms with Gasteiger partial charge in [-0.25, -0.2) is 4.39 Å². The van der Waals surface area contributed by atoms with Gasteiger partial charge in [0, 0.05) is 11.6 Å². The Kier molecular flexibility index (Phi) is 6.91. The highest BCUT2D eigenvalue weighted by molar-refractivity contribution is 6.05. The molecule has 0 radical (unpaired) electrons. The minimum Gasteiger partial charge on any atom is -0.485 e. The van der Waals surface area contributed by atoms with Gasteiger partial charge in [0.05, 0.1) is 5.69 Å². The molecule has 7 nitrogen and oxygen atoms in total. The number of hydrogen-bond donors (Lipinski definition) is 1. The first-order chi connectivity index (χ1) is 15.9. The van der Waals surface area contributed by atoms with Crippen LogP contribution in [0, 0.1) is 5.82 Å². The maximum absolute atomic E-state index is 13.0. The number of ether oxygens (including phenoxy) is 2. The van der Waals surface area contributed by atoms with E-state index in [-0.39, 0.29) is 36.9 Å². The van der Waals surface area contributed by atoms with E-state index in [0.29, 0.717) is 22.7 Å². The number of Topliss-reactive ketones (excluding diaryl/α,β-unsaturated/α-hetero) is 1. The topological polar surface area (TPSA) is 84.9 Å². The number of halogens is 1. The predicted octanol–water partition coefficient (Wildman–Crippen LogP) is 3.65. The second-order valence-corrected chi connectivity index (χ2v) is 8.42. The molecule has 0 bridgehead atoms. The molecule has 1 heterocycles. The van der Waals surface area contributed by atoms with Crippen LogP contribution >= 0.6 is 0 Å². The van der Waals surface area contributed by atoms with E-state index in [2.05, 4.69) is 5.32 Å². The van der Waals surface area contributed by atoms with Crippen LogP contribution in [0.2, 0.25) is 0 Å². The SMILES string of the molecule is C[C@@H](C(=O)NC1CCCCC1)N1C(=O)COc2ccc(C(=O)COc3ccc(F)cc3)cc21. The van der Waals surface area contributed by atoms with Crippen LogP contribution in [0.25, 0.3) is 0 Å². The Morgan fingerprint density at radius 3 is 2.61 bits per heavy atom. The summed E-state index contributed by atoms with van der Waals surface area (Å²) in [6.45, 7) is 1.25. The Labute approximate surface area is 191 Å². The number of amides is 2. The molecule has 0 unspecified atom stereocenters. The van der Waals surface area contributed by atoms with E-state index in [9.17, 15) is 18.8 Å². The molecular weight excluding hydrogens is 427 g/mol. The van der Waals surface area contributed by atoms with Gasteiger partial charge < -0.3 is 14.8 Å². The molecule has 2 aromatic rings. The third kappa shape index (κ3) is 5.32. The van der Waals surface area contributed by atoms with E-state index in [1.54, 1.807) is 25.1 Å². The van der Waals surface area contributed by atoms with Gasteiger partial charge >= 0.3 is 0 Å². The van der Waals surface area contributed by atoms with Gasteiger partial charge in [0.2, 0.25) is 5.91 Å². The zero-order valence-corrected chi connectivity index (χ0v) is 18.5. The van der Waals surface area contributed by atoms with Crippen molar-refractivity contribution in [2.45, 2.75) is 51.1 Å². The number of ketones is 1. The maximum atomic E-state index is 13.0. The van der Waals surface area contributed by atoms with Crippen molar-refractivity contribution in [2.75, 3.05) is 18.1 Å². The van der Waals surface area contributed by atoms with Gasteiger partial charge in [0.1, 0.15) is 23.4 Å². The van der Waals surface area contributed by atoms with Crippen molar-refractivity contribution in [3.8, 4) is 11.5 Å². The third-order valence-electron chi connectivity index (χ3n) is 6.06. The first-order valence-corrected chi connectivity index (χ1v) is 11.2. The smallest absolute Gasteiger partial charge is 0.265 e.